The Bertz CT molecular complexity index is 126. The van der Waals surface area contributed by atoms with Crippen molar-refractivity contribution in [2.75, 3.05) is 46.0 Å². The van der Waals surface area contributed by atoms with Crippen LogP contribution in [-0.4, -0.2) is 46.0 Å². The normalized spacial score (nSPS) is 11.0. The van der Waals surface area contributed by atoms with E-state index in [1.165, 1.54) is 71.7 Å². The summed E-state index contributed by atoms with van der Waals surface area (Å²) in [6.45, 7) is 4.54. The molecule has 18 heavy (non-hydrogen) atoms. The second kappa shape index (κ2) is 18.4. The summed E-state index contributed by atoms with van der Waals surface area (Å²) in [7, 11) is 0. The Kier molecular flexibility index (Phi) is 19.8. The molecule has 0 atom stereocenters. The Balaban J connectivity index is 2.86. The molecule has 0 nitrogen and oxygen atoms in total. The largest absolute Gasteiger partial charge is 0.161 e. The van der Waals surface area contributed by atoms with Crippen LogP contribution in [0.2, 0.25) is 0 Å². The van der Waals surface area contributed by atoms with Gasteiger partial charge in [0.25, 0.3) is 0 Å². The zero-order chi connectivity index (χ0) is 13.3. The van der Waals surface area contributed by atoms with Crippen LogP contribution in [0.4, 0.5) is 0 Å². The van der Waals surface area contributed by atoms with Gasteiger partial charge in [0, 0.05) is 34.5 Å². The van der Waals surface area contributed by atoms with Gasteiger partial charge in [-0.15, -0.1) is 0 Å². The fraction of sp³-hybridized carbons (Fsp3) is 1.00. The smallest absolute Gasteiger partial charge is 0.00238 e. The van der Waals surface area contributed by atoms with E-state index in [2.05, 4.69) is 60.9 Å². The van der Waals surface area contributed by atoms with Gasteiger partial charge in [0.15, 0.2) is 0 Å². The monoisotopic (exact) mass is 326 g/mol. The first-order chi connectivity index (χ1) is 8.91. The third-order valence-corrected chi connectivity index (χ3v) is 7.29. The van der Waals surface area contributed by atoms with Gasteiger partial charge >= 0.3 is 0 Å². The van der Waals surface area contributed by atoms with E-state index in [1.54, 1.807) is 0 Å². The third-order valence-electron chi connectivity index (χ3n) is 2.40. The SMILES string of the molecule is CCCCSCCSCCSCCSCCCC. The number of rotatable bonds is 15. The van der Waals surface area contributed by atoms with Gasteiger partial charge in [-0.1, -0.05) is 26.7 Å². The van der Waals surface area contributed by atoms with E-state index in [0.29, 0.717) is 0 Å². The molecule has 0 fully saturated rings. The number of hydrogen-bond donors (Lipinski definition) is 0. The molecule has 0 spiro atoms. The van der Waals surface area contributed by atoms with Crippen molar-refractivity contribution >= 4 is 47.0 Å². The summed E-state index contributed by atoms with van der Waals surface area (Å²) in [5.74, 6) is 10.8. The lowest BCUT2D eigenvalue weighted by atomic mass is 10.4. The second-order valence-electron chi connectivity index (χ2n) is 4.16. The van der Waals surface area contributed by atoms with Crippen molar-refractivity contribution in [3.63, 3.8) is 0 Å². The molecule has 0 radical (unpaired) electrons. The Morgan fingerprint density at radius 2 is 0.722 bits per heavy atom. The topological polar surface area (TPSA) is 0 Å². The molecule has 110 valence electrons. The molecule has 0 heterocycles. The molecule has 0 aliphatic rings. The molecule has 0 saturated carbocycles. The Morgan fingerprint density at radius 1 is 0.444 bits per heavy atom. The lowest BCUT2D eigenvalue weighted by Gasteiger charge is -2.03. The first-order valence-corrected chi connectivity index (χ1v) is 11.8. The maximum Gasteiger partial charge on any atom is 0.00238 e. The minimum Gasteiger partial charge on any atom is -0.161 e. The number of thioether (sulfide) groups is 4. The van der Waals surface area contributed by atoms with Crippen molar-refractivity contribution < 1.29 is 0 Å². The lowest BCUT2D eigenvalue weighted by Crippen LogP contribution is -1.93. The van der Waals surface area contributed by atoms with Crippen LogP contribution in [-0.2, 0) is 0 Å². The van der Waals surface area contributed by atoms with E-state index in [1.807, 2.05) is 0 Å². The molecule has 0 amide bonds. The van der Waals surface area contributed by atoms with Crippen molar-refractivity contribution in [2.45, 2.75) is 39.5 Å². The maximum absolute atomic E-state index is 2.27. The molecular formula is C14H30S4. The molecule has 0 aromatic heterocycles. The number of hydrogen-bond acceptors (Lipinski definition) is 4. The highest BCUT2D eigenvalue weighted by Gasteiger charge is 1.93. The molecule has 0 aromatic rings. The minimum absolute atomic E-state index is 1.34. The zero-order valence-electron chi connectivity index (χ0n) is 12.1. The molecule has 0 saturated heterocycles. The molecule has 0 bridgehead atoms. The van der Waals surface area contributed by atoms with E-state index in [9.17, 15) is 0 Å². The molecule has 0 rings (SSSR count). The van der Waals surface area contributed by atoms with E-state index in [0.717, 1.165) is 0 Å². The second-order valence-corrected chi connectivity index (χ2v) is 9.06. The van der Waals surface area contributed by atoms with Gasteiger partial charge in [0.2, 0.25) is 0 Å². The Hall–Kier alpha value is 1.40. The predicted octanol–water partition coefficient (Wildman–Crippen LogP) is 5.52. The van der Waals surface area contributed by atoms with E-state index >= 15 is 0 Å². The van der Waals surface area contributed by atoms with Crippen LogP contribution in [0.25, 0.3) is 0 Å². The highest BCUT2D eigenvalue weighted by molar-refractivity contribution is 8.05. The molecule has 0 N–H and O–H groups in total. The minimum atomic E-state index is 1.34. The summed E-state index contributed by atoms with van der Waals surface area (Å²) in [4.78, 5) is 0. The van der Waals surface area contributed by atoms with Crippen molar-refractivity contribution in [2.24, 2.45) is 0 Å². The molecule has 0 aliphatic carbocycles. The highest BCUT2D eigenvalue weighted by Crippen LogP contribution is 2.13. The number of unbranched alkanes of at least 4 members (excludes halogenated alkanes) is 2. The van der Waals surface area contributed by atoms with E-state index < -0.39 is 0 Å². The van der Waals surface area contributed by atoms with Gasteiger partial charge in [-0.25, -0.2) is 0 Å². The fourth-order valence-electron chi connectivity index (χ4n) is 1.25. The summed E-state index contributed by atoms with van der Waals surface area (Å²) in [5, 5.41) is 0. The molecule has 0 aliphatic heterocycles. The van der Waals surface area contributed by atoms with Crippen LogP contribution < -0.4 is 0 Å². The average Bonchev–Trinajstić information content (AvgIpc) is 2.39. The van der Waals surface area contributed by atoms with Crippen molar-refractivity contribution in [3.8, 4) is 0 Å². The Labute approximate surface area is 132 Å². The van der Waals surface area contributed by atoms with Crippen molar-refractivity contribution in [1.29, 1.82) is 0 Å². The summed E-state index contributed by atoms with van der Waals surface area (Å²) < 4.78 is 0. The zero-order valence-corrected chi connectivity index (χ0v) is 15.4. The van der Waals surface area contributed by atoms with Gasteiger partial charge in [0.05, 0.1) is 0 Å². The van der Waals surface area contributed by atoms with E-state index in [4.69, 9.17) is 0 Å². The van der Waals surface area contributed by atoms with Crippen LogP contribution >= 0.6 is 47.0 Å². The third kappa shape index (κ3) is 17.4. The van der Waals surface area contributed by atoms with Gasteiger partial charge in [-0.2, -0.15) is 47.0 Å². The summed E-state index contributed by atoms with van der Waals surface area (Å²) in [6, 6.07) is 0. The molecule has 0 aromatic carbocycles. The Morgan fingerprint density at radius 3 is 1.00 bits per heavy atom. The van der Waals surface area contributed by atoms with Gasteiger partial charge in [-0.05, 0) is 24.3 Å². The van der Waals surface area contributed by atoms with Crippen LogP contribution in [0.15, 0.2) is 0 Å². The van der Waals surface area contributed by atoms with Gasteiger partial charge in [-0.3, -0.25) is 0 Å². The van der Waals surface area contributed by atoms with Crippen molar-refractivity contribution in [3.05, 3.63) is 0 Å². The first kappa shape index (κ1) is 19.4. The fourth-order valence-corrected chi connectivity index (χ4v) is 5.89. The first-order valence-electron chi connectivity index (χ1n) is 7.22. The quantitative estimate of drug-likeness (QED) is 0.363. The standard InChI is InChI=1S/C14H30S4/c1-3-5-7-15-9-11-17-13-14-18-12-10-16-8-6-4-2/h3-14H2,1-2H3. The van der Waals surface area contributed by atoms with Crippen LogP contribution in [0, 0.1) is 0 Å². The molecule has 0 unspecified atom stereocenters. The predicted molar refractivity (Wildman–Crippen MR) is 99.1 cm³/mol. The van der Waals surface area contributed by atoms with Crippen LogP contribution in [0.1, 0.15) is 39.5 Å². The van der Waals surface area contributed by atoms with Crippen molar-refractivity contribution in [1.82, 2.24) is 0 Å². The summed E-state index contributed by atoms with van der Waals surface area (Å²) in [5.41, 5.74) is 0. The van der Waals surface area contributed by atoms with Gasteiger partial charge in [0.1, 0.15) is 0 Å². The summed E-state index contributed by atoms with van der Waals surface area (Å²) in [6.07, 6.45) is 5.46. The molecule has 4 heteroatoms. The average molecular weight is 327 g/mol. The van der Waals surface area contributed by atoms with Crippen LogP contribution in [0.3, 0.4) is 0 Å². The maximum atomic E-state index is 2.27. The lowest BCUT2D eigenvalue weighted by molar-refractivity contribution is 0.896. The van der Waals surface area contributed by atoms with E-state index in [-0.39, 0.29) is 0 Å². The highest BCUT2D eigenvalue weighted by atomic mass is 32.2. The molecular weight excluding hydrogens is 296 g/mol. The van der Waals surface area contributed by atoms with Gasteiger partial charge < -0.3 is 0 Å². The van der Waals surface area contributed by atoms with Crippen LogP contribution in [0.5, 0.6) is 0 Å². The summed E-state index contributed by atoms with van der Waals surface area (Å²) >= 11 is 8.52.